The van der Waals surface area contributed by atoms with Crippen molar-refractivity contribution in [1.82, 2.24) is 24.6 Å². The van der Waals surface area contributed by atoms with E-state index in [0.717, 1.165) is 10.3 Å². The molecule has 0 spiro atoms. The first kappa shape index (κ1) is 34.6. The van der Waals surface area contributed by atoms with E-state index in [1.54, 1.807) is 36.6 Å². The van der Waals surface area contributed by atoms with E-state index in [4.69, 9.17) is 0 Å². The summed E-state index contributed by atoms with van der Waals surface area (Å²) >= 11 is 1.35. The van der Waals surface area contributed by atoms with E-state index in [-0.39, 0.29) is 49.2 Å². The van der Waals surface area contributed by atoms with Gasteiger partial charge in [0.15, 0.2) is 0 Å². The molecule has 0 bridgehead atoms. The molecule has 0 aliphatic heterocycles. The van der Waals surface area contributed by atoms with Gasteiger partial charge in [-0.3, -0.25) is 15.0 Å². The second-order valence-corrected chi connectivity index (χ2v) is 15.6. The molecule has 3 rings (SSSR count). The maximum atomic E-state index is 14.0. The van der Waals surface area contributed by atoms with Crippen LogP contribution in [0, 0.1) is 11.3 Å². The number of hydrazine groups is 1. The van der Waals surface area contributed by atoms with Gasteiger partial charge >= 0.3 is 0 Å². The summed E-state index contributed by atoms with van der Waals surface area (Å²) in [5, 5.41) is 13.1. The summed E-state index contributed by atoms with van der Waals surface area (Å²) in [4.78, 5) is 32.8. The molecule has 0 radical (unpaired) electrons. The van der Waals surface area contributed by atoms with Crippen LogP contribution in [-0.4, -0.2) is 90.4 Å². The Balaban J connectivity index is 2.03. The molecule has 2 atom stereocenters. The van der Waals surface area contributed by atoms with Crippen molar-refractivity contribution in [2.45, 2.75) is 64.5 Å². The minimum atomic E-state index is -4.03. The number of carbonyl (C=O) groups excluding carboxylic acids is 2. The van der Waals surface area contributed by atoms with Gasteiger partial charge in [-0.1, -0.05) is 65.0 Å². The van der Waals surface area contributed by atoms with Crippen LogP contribution < -0.4 is 5.43 Å². The maximum absolute atomic E-state index is 14.0. The summed E-state index contributed by atoms with van der Waals surface area (Å²) < 4.78 is 30.0. The SMILES string of the molecule is CC(C)CN(C[C@@H](O)C(Cc1ccccc1)N(NC(=O)CN(C)C)C(=O)CC(C)(C)C)S(=O)(=O)c1ccc2ncsc2c1. The quantitative estimate of drug-likeness (QED) is 0.275. The molecular formula is C31H45N5O5S2. The zero-order chi connectivity index (χ0) is 31.9. The minimum Gasteiger partial charge on any atom is -0.390 e. The van der Waals surface area contributed by atoms with Crippen molar-refractivity contribution in [3.05, 3.63) is 59.6 Å². The van der Waals surface area contributed by atoms with E-state index in [2.05, 4.69) is 10.4 Å². The average Bonchev–Trinajstić information content (AvgIpc) is 3.37. The summed E-state index contributed by atoms with van der Waals surface area (Å²) in [6, 6.07) is 13.2. The molecule has 0 saturated heterocycles. The van der Waals surface area contributed by atoms with Crippen LogP contribution in [0.25, 0.3) is 10.2 Å². The second-order valence-electron chi connectivity index (χ2n) is 12.8. The van der Waals surface area contributed by atoms with Crippen LogP contribution in [0.15, 0.2) is 58.9 Å². The van der Waals surface area contributed by atoms with Crippen molar-refractivity contribution in [1.29, 1.82) is 0 Å². The Morgan fingerprint density at radius 2 is 1.72 bits per heavy atom. The van der Waals surface area contributed by atoms with Gasteiger partial charge in [0.1, 0.15) is 0 Å². The van der Waals surface area contributed by atoms with Gasteiger partial charge in [-0.15, -0.1) is 11.3 Å². The highest BCUT2D eigenvalue weighted by molar-refractivity contribution is 7.89. The van der Waals surface area contributed by atoms with Gasteiger partial charge in [0, 0.05) is 19.5 Å². The normalized spacial score (nSPS) is 13.9. The van der Waals surface area contributed by atoms with Crippen molar-refractivity contribution < 1.29 is 23.1 Å². The molecule has 12 heteroatoms. The molecule has 10 nitrogen and oxygen atoms in total. The molecule has 2 N–H and O–H groups in total. The van der Waals surface area contributed by atoms with Crippen LogP contribution >= 0.6 is 11.3 Å². The number of carbonyl (C=O) groups is 2. The van der Waals surface area contributed by atoms with E-state index >= 15 is 0 Å². The Bertz CT molecular complexity index is 1470. The largest absolute Gasteiger partial charge is 0.390 e. The number of nitrogens with one attached hydrogen (secondary N) is 1. The summed E-state index contributed by atoms with van der Waals surface area (Å²) in [7, 11) is -0.535. The van der Waals surface area contributed by atoms with Crippen molar-refractivity contribution in [2.24, 2.45) is 11.3 Å². The number of aromatic nitrogens is 1. The number of sulfonamides is 1. The number of hydrogen-bond acceptors (Lipinski definition) is 8. The number of aliphatic hydroxyl groups is 1. The smallest absolute Gasteiger partial charge is 0.252 e. The number of fused-ring (bicyclic) bond motifs is 1. The van der Waals surface area contributed by atoms with Crippen molar-refractivity contribution in [2.75, 3.05) is 33.7 Å². The summed E-state index contributed by atoms with van der Waals surface area (Å²) in [6.45, 7) is 9.48. The Morgan fingerprint density at radius 1 is 1.05 bits per heavy atom. The third kappa shape index (κ3) is 10.1. The van der Waals surface area contributed by atoms with Gasteiger partial charge in [-0.25, -0.2) is 18.4 Å². The van der Waals surface area contributed by atoms with E-state index in [1.165, 1.54) is 26.7 Å². The van der Waals surface area contributed by atoms with Gasteiger partial charge in [-0.2, -0.15) is 4.31 Å². The fourth-order valence-corrected chi connectivity index (χ4v) is 7.17. The predicted molar refractivity (Wildman–Crippen MR) is 171 cm³/mol. The first-order valence-electron chi connectivity index (χ1n) is 14.4. The van der Waals surface area contributed by atoms with Gasteiger partial charge < -0.3 is 10.0 Å². The van der Waals surface area contributed by atoms with Crippen molar-refractivity contribution in [3.63, 3.8) is 0 Å². The number of aliphatic hydroxyl groups excluding tert-OH is 1. The fourth-order valence-electron chi connectivity index (χ4n) is 4.73. The van der Waals surface area contributed by atoms with E-state index in [9.17, 15) is 23.1 Å². The highest BCUT2D eigenvalue weighted by Gasteiger charge is 2.37. The Hall–Kier alpha value is -2.90. The molecule has 0 aliphatic rings. The Labute approximate surface area is 259 Å². The molecule has 0 fully saturated rings. The lowest BCUT2D eigenvalue weighted by Crippen LogP contribution is -2.60. The van der Waals surface area contributed by atoms with Gasteiger partial charge in [0.25, 0.3) is 5.91 Å². The lowest BCUT2D eigenvalue weighted by Gasteiger charge is -2.38. The fraction of sp³-hybridized carbons (Fsp3) is 0.516. The van der Waals surface area contributed by atoms with Crippen LogP contribution in [0.5, 0.6) is 0 Å². The highest BCUT2D eigenvalue weighted by Crippen LogP contribution is 2.26. The van der Waals surface area contributed by atoms with Crippen LogP contribution in [0.3, 0.4) is 0 Å². The molecule has 2 aromatic carbocycles. The third-order valence-electron chi connectivity index (χ3n) is 6.62. The Kier molecular flexibility index (Phi) is 11.8. The first-order chi connectivity index (χ1) is 20.1. The van der Waals surface area contributed by atoms with E-state index < -0.39 is 33.5 Å². The first-order valence-corrected chi connectivity index (χ1v) is 16.7. The molecule has 2 amide bonds. The molecule has 43 heavy (non-hydrogen) atoms. The second kappa shape index (κ2) is 14.7. The number of likely N-dealkylation sites (N-methyl/N-ethyl adjacent to an activating group) is 1. The molecule has 1 aromatic heterocycles. The molecule has 236 valence electrons. The monoisotopic (exact) mass is 631 g/mol. The molecular weight excluding hydrogens is 587 g/mol. The highest BCUT2D eigenvalue weighted by atomic mass is 32.2. The molecule has 0 saturated carbocycles. The van der Waals surface area contributed by atoms with Gasteiger partial charge in [0.2, 0.25) is 15.9 Å². The topological polar surface area (TPSA) is 123 Å². The average molecular weight is 632 g/mol. The molecule has 1 heterocycles. The van der Waals surface area contributed by atoms with Crippen molar-refractivity contribution in [3.8, 4) is 0 Å². The number of nitrogens with zero attached hydrogens (tertiary/aromatic N) is 4. The molecule has 0 aliphatic carbocycles. The standard InChI is InChI=1S/C31H45N5O5S2/c1-22(2)18-35(43(40,41)24-13-14-25-28(16-24)42-21-32-25)19-27(37)26(15-23-11-9-8-10-12-23)36(30(39)17-31(3,4)5)33-29(38)20-34(6)7/h8-14,16,21-22,26-27,37H,15,17-20H2,1-7H3,(H,33,38)/t26?,27-/m1/s1. The van der Waals surface area contributed by atoms with Crippen LogP contribution in [0.4, 0.5) is 0 Å². The van der Waals surface area contributed by atoms with Crippen LogP contribution in [0.1, 0.15) is 46.6 Å². The lowest BCUT2D eigenvalue weighted by atomic mass is 9.91. The van der Waals surface area contributed by atoms with Crippen molar-refractivity contribution >= 4 is 43.4 Å². The zero-order valence-electron chi connectivity index (χ0n) is 26.1. The van der Waals surface area contributed by atoms with E-state index in [1.807, 2.05) is 65.0 Å². The van der Waals surface area contributed by atoms with E-state index in [0.29, 0.717) is 5.52 Å². The lowest BCUT2D eigenvalue weighted by molar-refractivity contribution is -0.149. The Morgan fingerprint density at radius 3 is 2.33 bits per heavy atom. The summed E-state index contributed by atoms with van der Waals surface area (Å²) in [5.41, 5.74) is 5.55. The number of amides is 2. The molecule has 3 aromatic rings. The molecule has 1 unspecified atom stereocenters. The number of thiazole rings is 1. The van der Waals surface area contributed by atoms with Gasteiger partial charge in [0.05, 0.1) is 39.3 Å². The zero-order valence-corrected chi connectivity index (χ0v) is 27.8. The minimum absolute atomic E-state index is 0.0291. The number of rotatable bonds is 13. The third-order valence-corrected chi connectivity index (χ3v) is 9.24. The van der Waals surface area contributed by atoms with Gasteiger partial charge in [-0.05, 0) is 55.6 Å². The summed E-state index contributed by atoms with van der Waals surface area (Å²) in [6.07, 6.45) is -1.03. The predicted octanol–water partition coefficient (Wildman–Crippen LogP) is 3.77. The number of hydrogen-bond donors (Lipinski definition) is 2. The number of benzene rings is 2. The van der Waals surface area contributed by atoms with Crippen LogP contribution in [0.2, 0.25) is 0 Å². The maximum Gasteiger partial charge on any atom is 0.252 e. The summed E-state index contributed by atoms with van der Waals surface area (Å²) in [5.74, 6) is -0.823. The van der Waals surface area contributed by atoms with Crippen LogP contribution in [-0.2, 0) is 26.0 Å².